The minimum atomic E-state index is -0.728. The van der Waals surface area contributed by atoms with Gasteiger partial charge in [0.1, 0.15) is 0 Å². The molecule has 0 aromatic carbocycles. The number of aromatic nitrogens is 1. The second-order valence-electron chi connectivity index (χ2n) is 2.70. The van der Waals surface area contributed by atoms with Crippen molar-refractivity contribution in [1.29, 1.82) is 0 Å². The lowest BCUT2D eigenvalue weighted by Crippen LogP contribution is -2.13. The van der Waals surface area contributed by atoms with Crippen molar-refractivity contribution in [3.05, 3.63) is 37.8 Å². The molecule has 0 aliphatic heterocycles. The topological polar surface area (TPSA) is 76.0 Å². The number of rotatable bonds is 1. The lowest BCUT2D eigenvalue weighted by molar-refractivity contribution is -0.386. The molecular weight excluding hydrogens is 220 g/mol. The second-order valence-corrected chi connectivity index (χ2v) is 2.96. The molecule has 1 rings (SSSR count). The Hall–Kier alpha value is -1.80. The normalized spacial score (nSPS) is 9.20. The van der Waals surface area contributed by atoms with Gasteiger partial charge < -0.3 is 4.98 Å². The van der Waals surface area contributed by atoms with Crippen molar-refractivity contribution in [1.82, 2.24) is 4.98 Å². The molecule has 6 heteroatoms. The third-order valence-corrected chi connectivity index (χ3v) is 1.93. The van der Waals surface area contributed by atoms with Crippen LogP contribution in [0.2, 0.25) is 0 Å². The van der Waals surface area contributed by atoms with E-state index in [4.69, 9.17) is 11.6 Å². The predicted octanol–water partition coefficient (Wildman–Crippen LogP) is 1.18. The molecule has 1 aromatic rings. The molecule has 1 aromatic heterocycles. The Kier molecular flexibility index (Phi) is 3.47. The molecule has 0 unspecified atom stereocenters. The molecule has 0 saturated carbocycles. The highest BCUT2D eigenvalue weighted by molar-refractivity contribution is 6.19. The number of H-pyrrole nitrogens is 1. The molecule has 0 aliphatic carbocycles. The Morgan fingerprint density at radius 3 is 2.87 bits per heavy atom. The first-order valence-electron chi connectivity index (χ1n) is 3.99. The summed E-state index contributed by atoms with van der Waals surface area (Å²) in [5.74, 6) is 5.32. The van der Waals surface area contributed by atoms with Crippen LogP contribution in [0, 0.1) is 28.9 Å². The van der Waals surface area contributed by atoms with Crippen LogP contribution in [-0.4, -0.2) is 15.8 Å². The summed E-state index contributed by atoms with van der Waals surface area (Å²) in [4.78, 5) is 23.3. The summed E-state index contributed by atoms with van der Waals surface area (Å²) in [6.45, 7) is 1.48. The van der Waals surface area contributed by atoms with Crippen molar-refractivity contribution < 1.29 is 4.92 Å². The van der Waals surface area contributed by atoms with E-state index in [1.165, 1.54) is 13.1 Å². The van der Waals surface area contributed by atoms with Crippen LogP contribution in [0.4, 0.5) is 5.69 Å². The van der Waals surface area contributed by atoms with Crippen LogP contribution in [-0.2, 0) is 0 Å². The van der Waals surface area contributed by atoms with Crippen molar-refractivity contribution in [2.75, 3.05) is 5.88 Å². The lowest BCUT2D eigenvalue weighted by atomic mass is 10.1. The molecule has 78 valence electrons. The summed E-state index contributed by atoms with van der Waals surface area (Å²) in [7, 11) is 0. The number of alkyl halides is 1. The van der Waals surface area contributed by atoms with Crippen LogP contribution in [0.25, 0.3) is 0 Å². The number of hydrogen-bond donors (Lipinski definition) is 1. The molecule has 0 radical (unpaired) electrons. The Morgan fingerprint density at radius 1 is 1.67 bits per heavy atom. The van der Waals surface area contributed by atoms with E-state index in [9.17, 15) is 14.9 Å². The number of nitrogens with zero attached hydrogens (tertiary/aromatic N) is 1. The van der Waals surface area contributed by atoms with E-state index >= 15 is 0 Å². The first-order valence-corrected chi connectivity index (χ1v) is 4.53. The third-order valence-electron chi connectivity index (χ3n) is 1.79. The number of nitro groups is 1. The summed E-state index contributed by atoms with van der Waals surface area (Å²) in [6, 6.07) is 0. The lowest BCUT2D eigenvalue weighted by Gasteiger charge is -1.97. The summed E-state index contributed by atoms with van der Waals surface area (Å²) < 4.78 is 0. The van der Waals surface area contributed by atoms with Crippen molar-refractivity contribution in [2.45, 2.75) is 6.92 Å². The minimum Gasteiger partial charge on any atom is -0.322 e. The smallest absolute Gasteiger partial charge is 0.322 e. The zero-order chi connectivity index (χ0) is 11.4. The second kappa shape index (κ2) is 4.62. The van der Waals surface area contributed by atoms with Gasteiger partial charge in [0.15, 0.2) is 0 Å². The zero-order valence-corrected chi connectivity index (χ0v) is 8.59. The van der Waals surface area contributed by atoms with Crippen molar-refractivity contribution in [3.63, 3.8) is 0 Å². The van der Waals surface area contributed by atoms with Crippen LogP contribution in [0.1, 0.15) is 11.1 Å². The Balaban J connectivity index is 3.41. The quantitative estimate of drug-likeness (QED) is 0.338. The van der Waals surface area contributed by atoms with Gasteiger partial charge in [0, 0.05) is 11.8 Å². The molecule has 5 nitrogen and oxygen atoms in total. The zero-order valence-electron chi connectivity index (χ0n) is 7.83. The number of pyridine rings is 1. The fraction of sp³-hybridized carbons (Fsp3) is 0.222. The SMILES string of the molecule is Cc1c(C#CCCl)c[nH]c(=O)c1[N+](=O)[O-]. The summed E-state index contributed by atoms with van der Waals surface area (Å²) in [5.41, 5.74) is -0.548. The molecule has 0 aliphatic rings. The molecule has 1 N–H and O–H groups in total. The Bertz CT molecular complexity index is 510. The van der Waals surface area contributed by atoms with Gasteiger partial charge in [0.25, 0.3) is 0 Å². The van der Waals surface area contributed by atoms with E-state index in [2.05, 4.69) is 16.8 Å². The van der Waals surface area contributed by atoms with Crippen LogP contribution < -0.4 is 5.56 Å². The van der Waals surface area contributed by atoms with E-state index in [1.807, 2.05) is 0 Å². The summed E-state index contributed by atoms with van der Waals surface area (Å²) in [5, 5.41) is 10.6. The maximum atomic E-state index is 11.1. The van der Waals surface area contributed by atoms with Gasteiger partial charge in [-0.2, -0.15) is 0 Å². The third kappa shape index (κ3) is 2.36. The molecule has 1 heterocycles. The minimum absolute atomic E-state index is 0.131. The van der Waals surface area contributed by atoms with Gasteiger partial charge in [-0.1, -0.05) is 11.8 Å². The van der Waals surface area contributed by atoms with Crippen molar-refractivity contribution >= 4 is 17.3 Å². The van der Waals surface area contributed by atoms with E-state index in [-0.39, 0.29) is 11.4 Å². The molecule has 0 fully saturated rings. The van der Waals surface area contributed by atoms with Crippen LogP contribution in [0.15, 0.2) is 11.0 Å². The highest BCUT2D eigenvalue weighted by Crippen LogP contribution is 2.14. The first-order chi connectivity index (χ1) is 7.07. The summed E-state index contributed by atoms with van der Waals surface area (Å²) >= 11 is 5.36. The van der Waals surface area contributed by atoms with Gasteiger partial charge in [0.2, 0.25) is 0 Å². The first kappa shape index (κ1) is 11.3. The molecular formula is C9H7ClN2O3. The fourth-order valence-electron chi connectivity index (χ4n) is 1.09. The largest absolute Gasteiger partial charge is 0.337 e. The average molecular weight is 227 g/mol. The Labute approximate surface area is 90.2 Å². The monoisotopic (exact) mass is 226 g/mol. The Morgan fingerprint density at radius 2 is 2.33 bits per heavy atom. The molecule has 0 saturated heterocycles. The van der Waals surface area contributed by atoms with Gasteiger partial charge in [-0.15, -0.1) is 11.6 Å². The van der Waals surface area contributed by atoms with Gasteiger partial charge in [-0.25, -0.2) is 0 Å². The number of hydrogen-bond acceptors (Lipinski definition) is 3. The number of halogens is 1. The average Bonchev–Trinajstić information content (AvgIpc) is 2.16. The van der Waals surface area contributed by atoms with E-state index in [0.717, 1.165) is 0 Å². The van der Waals surface area contributed by atoms with Gasteiger partial charge in [-0.3, -0.25) is 14.9 Å². The van der Waals surface area contributed by atoms with Gasteiger partial charge >= 0.3 is 11.2 Å². The summed E-state index contributed by atoms with van der Waals surface area (Å²) in [6.07, 6.45) is 1.34. The highest BCUT2D eigenvalue weighted by Gasteiger charge is 2.18. The van der Waals surface area contributed by atoms with Crippen LogP contribution >= 0.6 is 11.6 Å². The maximum absolute atomic E-state index is 11.1. The molecule has 0 atom stereocenters. The van der Waals surface area contributed by atoms with Crippen molar-refractivity contribution in [2.24, 2.45) is 0 Å². The number of aromatic amines is 1. The van der Waals surface area contributed by atoms with Crippen molar-refractivity contribution in [3.8, 4) is 11.8 Å². The highest BCUT2D eigenvalue weighted by atomic mass is 35.5. The van der Waals surface area contributed by atoms with E-state index < -0.39 is 16.2 Å². The standard InChI is InChI=1S/C9H7ClN2O3/c1-6-7(3-2-4-10)5-11-9(13)8(6)12(14)15/h5H,4H2,1H3,(H,11,13). The number of nitrogens with one attached hydrogen (secondary N) is 1. The molecule has 15 heavy (non-hydrogen) atoms. The van der Waals surface area contributed by atoms with Gasteiger partial charge in [-0.05, 0) is 6.92 Å². The van der Waals surface area contributed by atoms with Crippen LogP contribution in [0.5, 0.6) is 0 Å². The fourth-order valence-corrected chi connectivity index (χ4v) is 1.16. The molecule has 0 amide bonds. The van der Waals surface area contributed by atoms with Gasteiger partial charge in [0.05, 0.1) is 16.4 Å². The van der Waals surface area contributed by atoms with E-state index in [1.54, 1.807) is 0 Å². The predicted molar refractivity (Wildman–Crippen MR) is 56.1 cm³/mol. The molecule has 0 bridgehead atoms. The molecule has 0 spiro atoms. The van der Waals surface area contributed by atoms with Crippen LogP contribution in [0.3, 0.4) is 0 Å². The van der Waals surface area contributed by atoms with E-state index in [0.29, 0.717) is 5.56 Å². The maximum Gasteiger partial charge on any atom is 0.337 e.